The van der Waals surface area contributed by atoms with Crippen molar-refractivity contribution in [3.63, 3.8) is 0 Å². The van der Waals surface area contributed by atoms with Crippen LogP contribution in [0, 0.1) is 10.1 Å². The number of pyridine rings is 1. The number of carbonyl (C=O) groups excluding carboxylic acids is 1. The Hall–Kier alpha value is -4.08. The third kappa shape index (κ3) is 4.32. The lowest BCUT2D eigenvalue weighted by atomic mass is 10.1. The van der Waals surface area contributed by atoms with Gasteiger partial charge in [-0.15, -0.1) is 0 Å². The number of hydrogen-bond acceptors (Lipinski definition) is 8. The Bertz CT molecular complexity index is 1050. The lowest BCUT2D eigenvalue weighted by Crippen LogP contribution is -2.49. The van der Waals surface area contributed by atoms with Crippen LogP contribution in [0.1, 0.15) is 10.4 Å². The van der Waals surface area contributed by atoms with E-state index in [1.807, 2.05) is 24.3 Å². The van der Waals surface area contributed by atoms with E-state index in [-0.39, 0.29) is 11.6 Å². The summed E-state index contributed by atoms with van der Waals surface area (Å²) in [4.78, 5) is 39.7. The maximum absolute atomic E-state index is 12.7. The largest absolute Gasteiger partial charge is 0.353 e. The molecule has 1 saturated heterocycles. The normalized spacial score (nSPS) is 13.7. The van der Waals surface area contributed by atoms with Crippen LogP contribution >= 0.6 is 0 Å². The third-order valence-electron chi connectivity index (χ3n) is 4.77. The topological polar surface area (TPSA) is 117 Å². The van der Waals surface area contributed by atoms with Gasteiger partial charge >= 0.3 is 0 Å². The molecule has 1 aliphatic rings. The average Bonchev–Trinajstić information content (AvgIpc) is 2.79. The number of piperazine rings is 1. The zero-order chi connectivity index (χ0) is 20.9. The van der Waals surface area contributed by atoms with Gasteiger partial charge in [0.1, 0.15) is 23.8 Å². The zero-order valence-corrected chi connectivity index (χ0v) is 16.0. The molecule has 0 unspecified atom stereocenters. The van der Waals surface area contributed by atoms with Crippen molar-refractivity contribution in [1.82, 2.24) is 19.9 Å². The van der Waals surface area contributed by atoms with Crippen molar-refractivity contribution in [3.8, 4) is 0 Å². The Morgan fingerprint density at radius 1 is 0.967 bits per heavy atom. The van der Waals surface area contributed by atoms with Crippen LogP contribution in [0.15, 0.2) is 61.1 Å². The SMILES string of the molecule is O=C(c1cccc([N+](=O)[O-])c1)N1CCN(c2cc(Nc3ccccn3)ncn2)CC1. The summed E-state index contributed by atoms with van der Waals surface area (Å²) < 4.78 is 0. The Morgan fingerprint density at radius 2 is 1.80 bits per heavy atom. The van der Waals surface area contributed by atoms with E-state index in [0.29, 0.717) is 43.4 Å². The molecule has 10 nitrogen and oxygen atoms in total. The van der Waals surface area contributed by atoms with Crippen LogP contribution in [-0.4, -0.2) is 56.9 Å². The maximum atomic E-state index is 12.7. The van der Waals surface area contributed by atoms with Gasteiger partial charge in [-0.3, -0.25) is 14.9 Å². The number of anilines is 3. The minimum absolute atomic E-state index is 0.0894. The number of non-ortho nitro benzene ring substituents is 1. The van der Waals surface area contributed by atoms with Gasteiger partial charge in [-0.1, -0.05) is 12.1 Å². The number of hydrogen-bond donors (Lipinski definition) is 1. The van der Waals surface area contributed by atoms with Crippen LogP contribution in [0.4, 0.5) is 23.1 Å². The highest BCUT2D eigenvalue weighted by atomic mass is 16.6. The minimum atomic E-state index is -0.500. The molecule has 1 aromatic carbocycles. The lowest BCUT2D eigenvalue weighted by molar-refractivity contribution is -0.384. The highest BCUT2D eigenvalue weighted by molar-refractivity contribution is 5.95. The molecule has 1 fully saturated rings. The zero-order valence-electron chi connectivity index (χ0n) is 16.0. The summed E-state index contributed by atoms with van der Waals surface area (Å²) in [5, 5.41) is 14.1. The molecule has 0 aliphatic carbocycles. The molecule has 0 radical (unpaired) electrons. The third-order valence-corrected chi connectivity index (χ3v) is 4.77. The molecule has 3 heterocycles. The monoisotopic (exact) mass is 405 g/mol. The molecule has 2 aromatic heterocycles. The molecule has 1 amide bonds. The summed E-state index contributed by atoms with van der Waals surface area (Å²) in [6.07, 6.45) is 3.18. The number of carbonyl (C=O) groups is 1. The molecule has 1 aliphatic heterocycles. The average molecular weight is 405 g/mol. The second-order valence-corrected chi connectivity index (χ2v) is 6.69. The first-order valence-corrected chi connectivity index (χ1v) is 9.39. The predicted octanol–water partition coefficient (Wildman–Crippen LogP) is 2.49. The van der Waals surface area contributed by atoms with E-state index in [0.717, 1.165) is 5.82 Å². The maximum Gasteiger partial charge on any atom is 0.270 e. The van der Waals surface area contributed by atoms with E-state index in [2.05, 4.69) is 25.2 Å². The molecule has 3 aromatic rings. The van der Waals surface area contributed by atoms with E-state index in [1.54, 1.807) is 17.2 Å². The van der Waals surface area contributed by atoms with Gasteiger partial charge in [0.05, 0.1) is 4.92 Å². The van der Waals surface area contributed by atoms with Crippen LogP contribution in [0.5, 0.6) is 0 Å². The van der Waals surface area contributed by atoms with Gasteiger partial charge in [-0.25, -0.2) is 15.0 Å². The molecule has 152 valence electrons. The van der Waals surface area contributed by atoms with Crippen molar-refractivity contribution in [1.29, 1.82) is 0 Å². The molecule has 0 saturated carbocycles. The Labute approximate surface area is 172 Å². The smallest absolute Gasteiger partial charge is 0.270 e. The van der Waals surface area contributed by atoms with Gasteiger partial charge in [-0.05, 0) is 18.2 Å². The number of benzene rings is 1. The van der Waals surface area contributed by atoms with Crippen LogP contribution in [0.2, 0.25) is 0 Å². The van der Waals surface area contributed by atoms with Gasteiger partial charge in [0, 0.05) is 56.1 Å². The first-order valence-electron chi connectivity index (χ1n) is 9.39. The lowest BCUT2D eigenvalue weighted by Gasteiger charge is -2.35. The molecular weight excluding hydrogens is 386 g/mol. The summed E-state index contributed by atoms with van der Waals surface area (Å²) in [6, 6.07) is 13.2. The van der Waals surface area contributed by atoms with Crippen molar-refractivity contribution in [2.75, 3.05) is 36.4 Å². The fourth-order valence-electron chi connectivity index (χ4n) is 3.23. The fourth-order valence-corrected chi connectivity index (χ4v) is 3.23. The summed E-state index contributed by atoms with van der Waals surface area (Å²) in [6.45, 7) is 2.18. The number of nitrogens with zero attached hydrogens (tertiary/aromatic N) is 6. The Morgan fingerprint density at radius 3 is 2.53 bits per heavy atom. The van der Waals surface area contributed by atoms with Crippen molar-refractivity contribution in [2.24, 2.45) is 0 Å². The number of rotatable bonds is 5. The van der Waals surface area contributed by atoms with Crippen molar-refractivity contribution in [3.05, 3.63) is 76.7 Å². The Balaban J connectivity index is 1.40. The molecule has 0 atom stereocenters. The van der Waals surface area contributed by atoms with Crippen molar-refractivity contribution in [2.45, 2.75) is 0 Å². The van der Waals surface area contributed by atoms with Crippen LogP contribution in [0.25, 0.3) is 0 Å². The molecule has 4 rings (SSSR count). The number of nitro groups is 1. The van der Waals surface area contributed by atoms with Gasteiger partial charge in [0.25, 0.3) is 11.6 Å². The highest BCUT2D eigenvalue weighted by Crippen LogP contribution is 2.20. The fraction of sp³-hybridized carbons (Fsp3) is 0.200. The van der Waals surface area contributed by atoms with Crippen LogP contribution in [0.3, 0.4) is 0 Å². The number of amides is 1. The Kier molecular flexibility index (Phi) is 5.46. The van der Waals surface area contributed by atoms with Gasteiger partial charge in [0.15, 0.2) is 0 Å². The predicted molar refractivity (Wildman–Crippen MR) is 111 cm³/mol. The van der Waals surface area contributed by atoms with E-state index in [1.165, 1.54) is 24.5 Å². The number of nitrogens with one attached hydrogen (secondary N) is 1. The van der Waals surface area contributed by atoms with Crippen LogP contribution in [-0.2, 0) is 0 Å². The quantitative estimate of drug-likeness (QED) is 0.508. The van der Waals surface area contributed by atoms with Gasteiger partial charge < -0.3 is 15.1 Å². The number of aromatic nitrogens is 3. The molecular formula is C20H19N7O3. The first kappa shape index (κ1) is 19.2. The molecule has 1 N–H and O–H groups in total. The molecule has 30 heavy (non-hydrogen) atoms. The summed E-state index contributed by atoms with van der Waals surface area (Å²) in [7, 11) is 0. The summed E-state index contributed by atoms with van der Waals surface area (Å²) in [5.41, 5.74) is 0.231. The minimum Gasteiger partial charge on any atom is -0.353 e. The van der Waals surface area contributed by atoms with Gasteiger partial charge in [-0.2, -0.15) is 0 Å². The molecule has 0 spiro atoms. The summed E-state index contributed by atoms with van der Waals surface area (Å²) >= 11 is 0. The second kappa shape index (κ2) is 8.52. The molecule has 10 heteroatoms. The van der Waals surface area contributed by atoms with Crippen LogP contribution < -0.4 is 10.2 Å². The highest BCUT2D eigenvalue weighted by Gasteiger charge is 2.24. The van der Waals surface area contributed by atoms with Crippen molar-refractivity contribution >= 4 is 29.0 Å². The number of nitro benzene ring substituents is 1. The second-order valence-electron chi connectivity index (χ2n) is 6.69. The van der Waals surface area contributed by atoms with E-state index in [9.17, 15) is 14.9 Å². The van der Waals surface area contributed by atoms with E-state index >= 15 is 0 Å². The first-order chi connectivity index (χ1) is 14.6. The van der Waals surface area contributed by atoms with E-state index < -0.39 is 4.92 Å². The van der Waals surface area contributed by atoms with E-state index in [4.69, 9.17) is 0 Å². The summed E-state index contributed by atoms with van der Waals surface area (Å²) in [5.74, 6) is 1.87. The van der Waals surface area contributed by atoms with Crippen molar-refractivity contribution < 1.29 is 9.72 Å². The van der Waals surface area contributed by atoms with Gasteiger partial charge in [0.2, 0.25) is 0 Å². The standard InChI is InChI=1S/C20H19N7O3/c28-20(15-4-3-5-16(12-15)27(29)30)26-10-8-25(9-11-26)19-13-18(22-14-23-19)24-17-6-1-2-7-21-17/h1-7,12-14H,8-11H2,(H,21,22,23,24). The molecule has 0 bridgehead atoms.